The van der Waals surface area contributed by atoms with Gasteiger partial charge in [-0.3, -0.25) is 4.79 Å². The van der Waals surface area contributed by atoms with Crippen LogP contribution in [0.4, 0.5) is 0 Å². The molecule has 16 heavy (non-hydrogen) atoms. The molecule has 0 N–H and O–H groups in total. The molecule has 0 saturated carbocycles. The summed E-state index contributed by atoms with van der Waals surface area (Å²) in [7, 11) is 0. The van der Waals surface area contributed by atoms with Crippen molar-refractivity contribution in [3.8, 4) is 0 Å². The fraction of sp³-hybridized carbons (Fsp3) is 0.417. The largest absolute Gasteiger partial charge is 0.465 e. The Balaban J connectivity index is 2.54. The van der Waals surface area contributed by atoms with Gasteiger partial charge in [0.1, 0.15) is 4.84 Å². The summed E-state index contributed by atoms with van der Waals surface area (Å²) in [5.41, 5.74) is 1.13. The Morgan fingerprint density at radius 3 is 2.44 bits per heavy atom. The zero-order valence-electron chi connectivity index (χ0n) is 9.03. The van der Waals surface area contributed by atoms with E-state index < -0.39 is 4.84 Å². The second-order valence-corrected chi connectivity index (χ2v) is 4.75. The summed E-state index contributed by atoms with van der Waals surface area (Å²) in [4.78, 5) is 10.2. The zero-order chi connectivity index (χ0) is 12.0. The molecular formula is C12H14Cl2O2. The molecule has 1 rings (SSSR count). The summed E-state index contributed by atoms with van der Waals surface area (Å²) in [6.45, 7) is 1.62. The maximum Gasteiger partial charge on any atom is 0.302 e. The van der Waals surface area contributed by atoms with Gasteiger partial charge in [0.15, 0.2) is 0 Å². The van der Waals surface area contributed by atoms with Crippen molar-refractivity contribution in [1.82, 2.24) is 0 Å². The molecule has 1 unspecified atom stereocenters. The van der Waals surface area contributed by atoms with Crippen LogP contribution in [0.15, 0.2) is 30.3 Å². The van der Waals surface area contributed by atoms with Crippen molar-refractivity contribution in [3.05, 3.63) is 35.9 Å². The van der Waals surface area contributed by atoms with Crippen molar-refractivity contribution in [2.75, 3.05) is 6.61 Å². The Hall–Kier alpha value is -0.730. The molecule has 0 spiro atoms. The minimum absolute atomic E-state index is 0.0744. The van der Waals surface area contributed by atoms with Crippen molar-refractivity contribution in [1.29, 1.82) is 0 Å². The van der Waals surface area contributed by atoms with Gasteiger partial charge in [-0.25, -0.2) is 0 Å². The highest BCUT2D eigenvalue weighted by Gasteiger charge is 2.18. The third-order valence-electron chi connectivity index (χ3n) is 2.20. The van der Waals surface area contributed by atoms with Gasteiger partial charge in [0.05, 0.1) is 6.61 Å². The summed E-state index contributed by atoms with van der Waals surface area (Å²) < 4.78 is 4.93. The first-order chi connectivity index (χ1) is 7.59. The predicted molar refractivity (Wildman–Crippen MR) is 65.8 cm³/mol. The van der Waals surface area contributed by atoms with E-state index in [4.69, 9.17) is 27.9 Å². The Bertz CT molecular complexity index is 325. The van der Waals surface area contributed by atoms with E-state index >= 15 is 0 Å². The fourth-order valence-corrected chi connectivity index (χ4v) is 1.69. The molecule has 0 radical (unpaired) electrons. The molecule has 0 aliphatic carbocycles. The number of rotatable bonds is 5. The van der Waals surface area contributed by atoms with E-state index in [1.165, 1.54) is 6.92 Å². The standard InChI is InChI=1S/C12H14Cl2O2/c1-9(15)16-8-11(12(13)14)7-10-5-3-2-4-6-10/h2-6,11-12H,7-8H2,1H3. The highest BCUT2D eigenvalue weighted by molar-refractivity contribution is 6.44. The lowest BCUT2D eigenvalue weighted by atomic mass is 10.0. The Morgan fingerprint density at radius 2 is 1.94 bits per heavy atom. The highest BCUT2D eigenvalue weighted by Crippen LogP contribution is 2.20. The van der Waals surface area contributed by atoms with Crippen LogP contribution in [0.5, 0.6) is 0 Å². The fourth-order valence-electron chi connectivity index (χ4n) is 1.36. The minimum Gasteiger partial charge on any atom is -0.465 e. The predicted octanol–water partition coefficient (Wildman–Crippen LogP) is 3.21. The quantitative estimate of drug-likeness (QED) is 0.601. The van der Waals surface area contributed by atoms with Gasteiger partial charge in [0, 0.05) is 12.8 Å². The van der Waals surface area contributed by atoms with Crippen LogP contribution < -0.4 is 0 Å². The Kier molecular flexibility index (Phi) is 5.64. The average Bonchev–Trinajstić information content (AvgIpc) is 2.25. The third kappa shape index (κ3) is 4.86. The van der Waals surface area contributed by atoms with Crippen LogP contribution in [0, 0.1) is 5.92 Å². The van der Waals surface area contributed by atoms with E-state index in [1.807, 2.05) is 30.3 Å². The maximum absolute atomic E-state index is 10.7. The summed E-state index contributed by atoms with van der Waals surface area (Å²) in [5.74, 6) is -0.387. The van der Waals surface area contributed by atoms with Gasteiger partial charge in [-0.1, -0.05) is 30.3 Å². The number of carbonyl (C=O) groups is 1. The van der Waals surface area contributed by atoms with E-state index in [1.54, 1.807) is 0 Å². The molecule has 0 aliphatic heterocycles. The van der Waals surface area contributed by atoms with Crippen molar-refractivity contribution < 1.29 is 9.53 Å². The molecule has 0 bridgehead atoms. The van der Waals surface area contributed by atoms with Gasteiger partial charge < -0.3 is 4.74 Å². The summed E-state index contributed by atoms with van der Waals surface area (Å²) >= 11 is 11.7. The number of ether oxygens (including phenoxy) is 1. The van der Waals surface area contributed by atoms with Crippen LogP contribution in [0.1, 0.15) is 12.5 Å². The number of hydrogen-bond donors (Lipinski definition) is 0. The SMILES string of the molecule is CC(=O)OCC(Cc1ccccc1)C(Cl)Cl. The van der Waals surface area contributed by atoms with E-state index in [-0.39, 0.29) is 18.5 Å². The summed E-state index contributed by atoms with van der Waals surface area (Å²) in [6.07, 6.45) is 0.700. The molecule has 4 heteroatoms. The highest BCUT2D eigenvalue weighted by atomic mass is 35.5. The summed E-state index contributed by atoms with van der Waals surface area (Å²) in [6, 6.07) is 9.85. The molecule has 0 amide bonds. The minimum atomic E-state index is -0.542. The smallest absolute Gasteiger partial charge is 0.302 e. The van der Waals surface area contributed by atoms with Crippen LogP contribution >= 0.6 is 23.2 Å². The molecule has 1 aromatic carbocycles. The van der Waals surface area contributed by atoms with Crippen molar-refractivity contribution >= 4 is 29.2 Å². The molecule has 0 aliphatic rings. The van der Waals surface area contributed by atoms with Gasteiger partial charge in [0.2, 0.25) is 0 Å². The van der Waals surface area contributed by atoms with Gasteiger partial charge >= 0.3 is 5.97 Å². The van der Waals surface area contributed by atoms with Crippen molar-refractivity contribution in [2.45, 2.75) is 18.2 Å². The lowest BCUT2D eigenvalue weighted by molar-refractivity contribution is -0.142. The Labute approximate surface area is 106 Å². The van der Waals surface area contributed by atoms with E-state index in [9.17, 15) is 4.79 Å². The first-order valence-electron chi connectivity index (χ1n) is 5.05. The number of benzene rings is 1. The van der Waals surface area contributed by atoms with Gasteiger partial charge in [-0.2, -0.15) is 0 Å². The number of halogens is 2. The van der Waals surface area contributed by atoms with Crippen LogP contribution in [0.2, 0.25) is 0 Å². The molecule has 2 nitrogen and oxygen atoms in total. The summed E-state index contributed by atoms with van der Waals surface area (Å²) in [5, 5.41) is 0. The molecule has 0 aromatic heterocycles. The molecule has 0 heterocycles. The van der Waals surface area contributed by atoms with E-state index in [0.717, 1.165) is 5.56 Å². The van der Waals surface area contributed by atoms with Crippen LogP contribution in [-0.2, 0) is 16.0 Å². The molecular weight excluding hydrogens is 247 g/mol. The zero-order valence-corrected chi connectivity index (χ0v) is 10.5. The van der Waals surface area contributed by atoms with Gasteiger partial charge in [-0.15, -0.1) is 23.2 Å². The molecule has 1 aromatic rings. The maximum atomic E-state index is 10.7. The number of hydrogen-bond acceptors (Lipinski definition) is 2. The van der Waals surface area contributed by atoms with Crippen molar-refractivity contribution in [2.24, 2.45) is 5.92 Å². The number of alkyl halides is 2. The molecule has 0 fully saturated rings. The first kappa shape index (κ1) is 13.3. The molecule has 1 atom stereocenters. The normalized spacial score (nSPS) is 12.5. The second kappa shape index (κ2) is 6.77. The van der Waals surface area contributed by atoms with Crippen LogP contribution in [-0.4, -0.2) is 17.4 Å². The average molecular weight is 261 g/mol. The van der Waals surface area contributed by atoms with E-state index in [2.05, 4.69) is 0 Å². The monoisotopic (exact) mass is 260 g/mol. The lowest BCUT2D eigenvalue weighted by Gasteiger charge is -2.17. The molecule has 0 saturated heterocycles. The van der Waals surface area contributed by atoms with Crippen molar-refractivity contribution in [3.63, 3.8) is 0 Å². The number of esters is 1. The third-order valence-corrected chi connectivity index (χ3v) is 2.91. The van der Waals surface area contributed by atoms with Gasteiger partial charge in [-0.05, 0) is 12.0 Å². The molecule has 88 valence electrons. The van der Waals surface area contributed by atoms with E-state index in [0.29, 0.717) is 6.42 Å². The topological polar surface area (TPSA) is 26.3 Å². The van der Waals surface area contributed by atoms with Crippen LogP contribution in [0.3, 0.4) is 0 Å². The Morgan fingerprint density at radius 1 is 1.31 bits per heavy atom. The van der Waals surface area contributed by atoms with Gasteiger partial charge in [0.25, 0.3) is 0 Å². The van der Waals surface area contributed by atoms with Crippen LogP contribution in [0.25, 0.3) is 0 Å². The number of carbonyl (C=O) groups excluding carboxylic acids is 1. The first-order valence-corrected chi connectivity index (χ1v) is 5.92. The second-order valence-electron chi connectivity index (χ2n) is 3.59. The lowest BCUT2D eigenvalue weighted by Crippen LogP contribution is -2.20.